The van der Waals surface area contributed by atoms with Crippen molar-refractivity contribution in [2.24, 2.45) is 0 Å². The Hall–Kier alpha value is -12.0. The van der Waals surface area contributed by atoms with E-state index in [2.05, 4.69) is 305 Å². The predicted molar refractivity (Wildman–Crippen MR) is 493 cm³/mol. The fourth-order valence-electron chi connectivity index (χ4n) is 18.3. The first-order valence-corrected chi connectivity index (χ1v) is 41.3. The summed E-state index contributed by atoms with van der Waals surface area (Å²) in [5.74, 6) is 0. The van der Waals surface area contributed by atoms with Crippen molar-refractivity contribution in [1.29, 1.82) is 0 Å². The van der Waals surface area contributed by atoms with Gasteiger partial charge in [-0.25, -0.2) is 0 Å². The number of nitrogens with zero attached hydrogens (tertiary/aromatic N) is 2. The second-order valence-corrected chi connectivity index (χ2v) is 37.5. The zero-order chi connectivity index (χ0) is 83.7. The second kappa shape index (κ2) is 25.5. The SMILES string of the molecule is [2H]c1c([2H])c([2H])c2c(sc3cccc(-c4cc(C(C)(C)C)cc(-c5cccc6sc7ccccc7c56)c4N4c5ccc(-c6cc(-c7ccccc7)cc(C([2H])([2H])[2H])c6)cc5B5c6ccc(C(C)(C)C)cc6N(c6c(-c7cccc8oc9ccccc9c78)cc(C(C)(C)C)cc6-c6cccc7oc8ccccc8c67)c6cc(C(C)(C)C)cc4c65)c32)c1[2H]. The van der Waals surface area contributed by atoms with E-state index in [0.29, 0.717) is 10.1 Å². The van der Waals surface area contributed by atoms with Crippen molar-refractivity contribution in [2.45, 2.75) is 112 Å². The molecule has 0 saturated heterocycles. The molecular weight excluding hydrogens is 1420 g/mol. The number of hydrogen-bond acceptors (Lipinski definition) is 6. The zero-order valence-corrected chi connectivity index (χ0v) is 67.6. The maximum Gasteiger partial charge on any atom is 0.252 e. The van der Waals surface area contributed by atoms with Crippen molar-refractivity contribution < 1.29 is 18.4 Å². The summed E-state index contributed by atoms with van der Waals surface area (Å²) in [6, 6.07) is 95.8. The molecule has 0 fully saturated rings. The number of fused-ring (bicyclic) bond motifs is 16. The van der Waals surface area contributed by atoms with Gasteiger partial charge in [0.25, 0.3) is 6.71 Å². The maximum atomic E-state index is 10.0. The van der Waals surface area contributed by atoms with Gasteiger partial charge in [-0.05, 0) is 220 Å². The lowest BCUT2D eigenvalue weighted by atomic mass is 9.33. The summed E-state index contributed by atoms with van der Waals surface area (Å²) in [5, 5.41) is 7.54. The van der Waals surface area contributed by atoms with Crippen LogP contribution in [0, 0.1) is 6.85 Å². The molecule has 2 aliphatic rings. The molecule has 4 aromatic heterocycles. The van der Waals surface area contributed by atoms with E-state index in [4.69, 9.17) is 10.2 Å². The van der Waals surface area contributed by atoms with Crippen LogP contribution in [-0.2, 0) is 21.7 Å². The molecule has 6 heterocycles. The Bertz CT molecular complexity index is 7510. The third kappa shape index (κ3) is 11.0. The first kappa shape index (κ1) is 62.5. The summed E-state index contributed by atoms with van der Waals surface area (Å²) < 4.78 is 83.3. The molecule has 0 atom stereocenters. The minimum Gasteiger partial charge on any atom is -0.456 e. The summed E-state index contributed by atoms with van der Waals surface area (Å²) in [6.07, 6.45) is 0. The summed E-state index contributed by atoms with van der Waals surface area (Å²) in [4.78, 5) is 5.24. The normalized spacial score (nSPS) is 14.2. The first-order valence-electron chi connectivity index (χ1n) is 43.1. The van der Waals surface area contributed by atoms with Crippen LogP contribution >= 0.6 is 22.7 Å². The Balaban J connectivity index is 0.986. The lowest BCUT2D eigenvalue weighted by molar-refractivity contribution is 0.589. The highest BCUT2D eigenvalue weighted by Crippen LogP contribution is 2.59. The van der Waals surface area contributed by atoms with Gasteiger partial charge >= 0.3 is 0 Å². The average Bonchev–Trinajstić information content (AvgIpc) is 0.850. The Morgan fingerprint density at radius 2 is 0.754 bits per heavy atom. The molecule has 7 heteroatoms. The molecule has 0 spiro atoms. The monoisotopic (exact) mass is 1510 g/mol. The Morgan fingerprint density at radius 1 is 0.307 bits per heavy atom. The lowest BCUT2D eigenvalue weighted by Gasteiger charge is -2.47. The van der Waals surface area contributed by atoms with Crippen molar-refractivity contribution >= 4 is 164 Å². The molecule has 0 unspecified atom stereocenters. The van der Waals surface area contributed by atoms with E-state index in [0.717, 1.165) is 209 Å². The van der Waals surface area contributed by atoms with E-state index >= 15 is 0 Å². The Labute approximate surface area is 685 Å². The van der Waals surface area contributed by atoms with Crippen molar-refractivity contribution in [3.63, 3.8) is 0 Å². The summed E-state index contributed by atoms with van der Waals surface area (Å²) >= 11 is 3.20. The fourth-order valence-corrected chi connectivity index (χ4v) is 20.5. The number of anilines is 6. The summed E-state index contributed by atoms with van der Waals surface area (Å²) in [5.41, 5.74) is 26.0. The van der Waals surface area contributed by atoms with Crippen molar-refractivity contribution in [3.8, 4) is 66.8 Å². The molecule has 0 aliphatic carbocycles. The molecule has 2 aliphatic heterocycles. The van der Waals surface area contributed by atoms with Gasteiger partial charge in [0.1, 0.15) is 22.3 Å². The molecule has 0 bridgehead atoms. The van der Waals surface area contributed by atoms with E-state index in [1.54, 1.807) is 11.3 Å². The molecule has 0 amide bonds. The molecule has 4 nitrogen and oxygen atoms in total. The van der Waals surface area contributed by atoms with Crippen LogP contribution in [0.2, 0.25) is 0 Å². The van der Waals surface area contributed by atoms with Crippen LogP contribution in [0.3, 0.4) is 0 Å². The van der Waals surface area contributed by atoms with Crippen molar-refractivity contribution in [1.82, 2.24) is 0 Å². The number of para-hydroxylation sites is 2. The predicted octanol–water partition coefficient (Wildman–Crippen LogP) is 29.8. The number of hydrogen-bond donors (Lipinski definition) is 0. The van der Waals surface area contributed by atoms with Gasteiger partial charge in [-0.15, -0.1) is 22.7 Å². The van der Waals surface area contributed by atoms with Gasteiger partial charge in [0.2, 0.25) is 0 Å². The highest BCUT2D eigenvalue weighted by molar-refractivity contribution is 7.26. The van der Waals surface area contributed by atoms with E-state index in [-0.39, 0.29) is 40.6 Å². The largest absolute Gasteiger partial charge is 0.456 e. The summed E-state index contributed by atoms with van der Waals surface area (Å²) in [6.45, 7) is 24.7. The minimum atomic E-state index is -2.46. The zero-order valence-electron chi connectivity index (χ0n) is 73.0. The molecule has 114 heavy (non-hydrogen) atoms. The maximum absolute atomic E-state index is 10.0. The van der Waals surface area contributed by atoms with Crippen LogP contribution in [0.25, 0.3) is 151 Å². The van der Waals surface area contributed by atoms with Crippen LogP contribution in [0.15, 0.2) is 300 Å². The molecule has 552 valence electrons. The van der Waals surface area contributed by atoms with E-state index in [9.17, 15) is 8.22 Å². The van der Waals surface area contributed by atoms with E-state index < -0.39 is 24.4 Å². The van der Waals surface area contributed by atoms with Crippen LogP contribution < -0.4 is 26.2 Å². The highest BCUT2D eigenvalue weighted by Gasteiger charge is 2.47. The molecule has 0 saturated carbocycles. The number of furan rings is 2. The molecule has 0 N–H and O–H groups in total. The number of benzene rings is 15. The average molecular weight is 1510 g/mol. The van der Waals surface area contributed by atoms with Gasteiger partial charge in [-0.2, -0.15) is 0 Å². The molecule has 19 aromatic rings. The first-order chi connectivity index (χ1) is 57.8. The molecule has 0 radical (unpaired) electrons. The molecule has 15 aromatic carbocycles. The fraction of sp³-hybridized carbons (Fsp3) is 0.159. The van der Waals surface area contributed by atoms with Gasteiger partial charge in [0.15, 0.2) is 0 Å². The topological polar surface area (TPSA) is 32.8 Å². The smallest absolute Gasteiger partial charge is 0.252 e. The second-order valence-electron chi connectivity index (χ2n) is 35.4. The van der Waals surface area contributed by atoms with Gasteiger partial charge in [-0.3, -0.25) is 0 Å². The van der Waals surface area contributed by atoms with Crippen molar-refractivity contribution in [2.75, 3.05) is 9.80 Å². The number of rotatable bonds is 8. The van der Waals surface area contributed by atoms with Crippen LogP contribution in [-0.4, -0.2) is 6.71 Å². The van der Waals surface area contributed by atoms with Gasteiger partial charge in [0.05, 0.1) is 16.9 Å². The Morgan fingerprint density at radius 3 is 1.32 bits per heavy atom. The van der Waals surface area contributed by atoms with E-state index in [1.807, 2.05) is 54.6 Å². The minimum absolute atomic E-state index is 0.0651. The summed E-state index contributed by atoms with van der Waals surface area (Å²) in [7, 11) is 0. The molecular formula is C107H87BN2O2S2. The molecule has 21 rings (SSSR count). The third-order valence-corrected chi connectivity index (χ3v) is 26.3. The number of thiophene rings is 2. The van der Waals surface area contributed by atoms with Crippen LogP contribution in [0.5, 0.6) is 0 Å². The van der Waals surface area contributed by atoms with Gasteiger partial charge in [-0.1, -0.05) is 271 Å². The standard InChI is InChI=1S/C107H87BN2O2S2/c1-62-51-65(63-29-15-14-16-30-63)53-66(52-62)64-47-50-85-84(54-64)108-83-49-48-67(104(2,3)4)59-86(83)110(103-79(71-35-25-41-91-97(71)75-31-17-21-39-89(75)111-91)55-68(105(5,6)7)56-80(103)72-36-26-42-92-98(72)76-32-18-22-40-90(76)112-92)88-61-70(107(11,12)13)60-87(101(88)108)109(85)102-81(73-37-27-45-95-99(73)77-33-19-23-43-93(77)113-95)57-69(106(8,9)10)58-82(102)74-38-28-46-96-100(74)78-34-20-24-44-94(78)114-96/h14-61H,1-13H3/i1D3,19D,23D,33D,43D. The quantitative estimate of drug-likeness (QED) is 0.142. The number of aryl methyl sites for hydroxylation is 1. The Kier molecular flexibility index (Phi) is 14.0. The van der Waals surface area contributed by atoms with Gasteiger partial charge < -0.3 is 18.6 Å². The lowest BCUT2D eigenvalue weighted by Crippen LogP contribution is -2.61. The van der Waals surface area contributed by atoms with Crippen LogP contribution in [0.1, 0.15) is 120 Å². The van der Waals surface area contributed by atoms with Crippen LogP contribution in [0.4, 0.5) is 34.1 Å². The van der Waals surface area contributed by atoms with Gasteiger partial charge in [0, 0.05) is 111 Å². The van der Waals surface area contributed by atoms with Crippen molar-refractivity contribution in [3.05, 3.63) is 319 Å². The highest BCUT2D eigenvalue weighted by atomic mass is 32.1. The third-order valence-electron chi connectivity index (χ3n) is 24.1. The van der Waals surface area contributed by atoms with E-state index in [1.165, 1.54) is 16.0 Å².